The van der Waals surface area contributed by atoms with Gasteiger partial charge in [-0.2, -0.15) is 0 Å². The highest BCUT2D eigenvalue weighted by Crippen LogP contribution is 2.23. The summed E-state index contributed by atoms with van der Waals surface area (Å²) in [5.74, 6) is -0.981. The molecule has 3 N–H and O–H groups in total. The molecule has 1 fully saturated rings. The molecular formula is C13H19N3O2. The molecule has 1 aliphatic heterocycles. The van der Waals surface area contributed by atoms with Gasteiger partial charge in [-0.1, -0.05) is 0 Å². The summed E-state index contributed by atoms with van der Waals surface area (Å²) in [6.45, 7) is 5.05. The zero-order valence-corrected chi connectivity index (χ0v) is 10.8. The van der Waals surface area contributed by atoms with Gasteiger partial charge in [0, 0.05) is 37.1 Å². The van der Waals surface area contributed by atoms with Crippen molar-refractivity contribution in [2.75, 3.05) is 37.3 Å². The zero-order valence-electron chi connectivity index (χ0n) is 10.8. The maximum Gasteiger partial charge on any atom is 0.337 e. The number of piperazine rings is 1. The van der Waals surface area contributed by atoms with Crippen LogP contribution < -0.4 is 10.6 Å². The van der Waals surface area contributed by atoms with Crippen LogP contribution in [0.15, 0.2) is 18.2 Å². The van der Waals surface area contributed by atoms with Crippen molar-refractivity contribution < 1.29 is 9.90 Å². The smallest absolute Gasteiger partial charge is 0.337 e. The second-order valence-corrected chi connectivity index (χ2v) is 4.85. The first kappa shape index (κ1) is 12.7. The van der Waals surface area contributed by atoms with E-state index in [1.165, 1.54) is 0 Å². The van der Waals surface area contributed by atoms with E-state index < -0.39 is 5.97 Å². The van der Waals surface area contributed by atoms with Crippen LogP contribution in [-0.2, 0) is 0 Å². The summed E-state index contributed by atoms with van der Waals surface area (Å²) in [4.78, 5) is 15.5. The molecule has 0 spiro atoms. The second kappa shape index (κ2) is 4.86. The molecule has 1 heterocycles. The van der Waals surface area contributed by atoms with Crippen molar-refractivity contribution in [1.29, 1.82) is 0 Å². The molecule has 5 heteroatoms. The number of nitrogens with zero attached hydrogens (tertiary/aromatic N) is 2. The van der Waals surface area contributed by atoms with Crippen molar-refractivity contribution in [1.82, 2.24) is 4.90 Å². The van der Waals surface area contributed by atoms with Crippen molar-refractivity contribution >= 4 is 17.3 Å². The van der Waals surface area contributed by atoms with E-state index >= 15 is 0 Å². The molecule has 98 valence electrons. The van der Waals surface area contributed by atoms with Crippen LogP contribution in [0.1, 0.15) is 17.3 Å². The van der Waals surface area contributed by atoms with Gasteiger partial charge in [0.05, 0.1) is 5.56 Å². The summed E-state index contributed by atoms with van der Waals surface area (Å²) in [6, 6.07) is 5.65. The van der Waals surface area contributed by atoms with Crippen LogP contribution in [-0.4, -0.2) is 48.7 Å². The van der Waals surface area contributed by atoms with Gasteiger partial charge in [-0.05, 0) is 32.2 Å². The Bertz CT molecular complexity index is 462. The third kappa shape index (κ3) is 2.41. The molecule has 0 aromatic heterocycles. The SMILES string of the molecule is CC1CN(c2ccc(C(=O)O)c(N)c2)CCN1C. The zero-order chi connectivity index (χ0) is 13.3. The maximum absolute atomic E-state index is 10.9. The van der Waals surface area contributed by atoms with Gasteiger partial charge in [0.1, 0.15) is 0 Å². The number of carboxylic acids is 1. The van der Waals surface area contributed by atoms with E-state index in [4.69, 9.17) is 10.8 Å². The third-order valence-electron chi connectivity index (χ3n) is 3.59. The summed E-state index contributed by atoms with van der Waals surface area (Å²) < 4.78 is 0. The van der Waals surface area contributed by atoms with Crippen LogP contribution in [0.5, 0.6) is 0 Å². The van der Waals surface area contributed by atoms with E-state index in [9.17, 15) is 4.79 Å². The fraction of sp³-hybridized carbons (Fsp3) is 0.462. The number of nitrogen functional groups attached to an aromatic ring is 1. The normalized spacial score (nSPS) is 21.0. The van der Waals surface area contributed by atoms with E-state index in [0.29, 0.717) is 11.7 Å². The minimum atomic E-state index is -0.981. The van der Waals surface area contributed by atoms with Crippen molar-refractivity contribution in [2.24, 2.45) is 0 Å². The van der Waals surface area contributed by atoms with Crippen LogP contribution >= 0.6 is 0 Å². The highest BCUT2D eigenvalue weighted by atomic mass is 16.4. The predicted octanol–water partition coefficient (Wildman–Crippen LogP) is 1.11. The van der Waals surface area contributed by atoms with Crippen LogP contribution in [0.2, 0.25) is 0 Å². The number of hydrogen-bond donors (Lipinski definition) is 2. The van der Waals surface area contributed by atoms with Crippen molar-refractivity contribution in [3.05, 3.63) is 23.8 Å². The molecule has 1 aromatic rings. The average Bonchev–Trinajstić information content (AvgIpc) is 2.32. The van der Waals surface area contributed by atoms with Crippen LogP contribution in [0.4, 0.5) is 11.4 Å². The minimum absolute atomic E-state index is 0.168. The van der Waals surface area contributed by atoms with E-state index in [2.05, 4.69) is 23.8 Å². The van der Waals surface area contributed by atoms with E-state index in [-0.39, 0.29) is 5.56 Å². The summed E-state index contributed by atoms with van der Waals surface area (Å²) in [5, 5.41) is 8.94. The first-order valence-corrected chi connectivity index (χ1v) is 6.07. The molecule has 2 rings (SSSR count). The Balaban J connectivity index is 2.19. The number of anilines is 2. The number of nitrogens with two attached hydrogens (primary N) is 1. The highest BCUT2D eigenvalue weighted by molar-refractivity contribution is 5.94. The Labute approximate surface area is 107 Å². The molecule has 0 saturated carbocycles. The lowest BCUT2D eigenvalue weighted by Gasteiger charge is -2.39. The molecule has 0 aliphatic carbocycles. The molecule has 0 radical (unpaired) electrons. The van der Waals surface area contributed by atoms with Gasteiger partial charge in [0.25, 0.3) is 0 Å². The maximum atomic E-state index is 10.9. The lowest BCUT2D eigenvalue weighted by Crippen LogP contribution is -2.50. The number of carbonyl (C=O) groups is 1. The summed E-state index contributed by atoms with van der Waals surface area (Å²) in [5.41, 5.74) is 7.26. The molecule has 1 aliphatic rings. The Morgan fingerprint density at radius 3 is 2.72 bits per heavy atom. The largest absolute Gasteiger partial charge is 0.478 e. The van der Waals surface area contributed by atoms with E-state index in [1.54, 1.807) is 12.1 Å². The van der Waals surface area contributed by atoms with Crippen LogP contribution in [0, 0.1) is 0 Å². The topological polar surface area (TPSA) is 69.8 Å². The first-order valence-electron chi connectivity index (χ1n) is 6.07. The highest BCUT2D eigenvalue weighted by Gasteiger charge is 2.21. The molecule has 0 bridgehead atoms. The number of aromatic carboxylic acids is 1. The number of likely N-dealkylation sites (N-methyl/N-ethyl adjacent to an activating group) is 1. The van der Waals surface area contributed by atoms with Gasteiger partial charge in [-0.15, -0.1) is 0 Å². The summed E-state index contributed by atoms with van der Waals surface area (Å²) >= 11 is 0. The monoisotopic (exact) mass is 249 g/mol. The fourth-order valence-electron chi connectivity index (χ4n) is 2.22. The Kier molecular flexibility index (Phi) is 3.43. The number of benzene rings is 1. The van der Waals surface area contributed by atoms with Gasteiger partial charge in [-0.25, -0.2) is 4.79 Å². The number of carboxylic acid groups (broad SMARTS) is 1. The molecule has 1 aromatic carbocycles. The minimum Gasteiger partial charge on any atom is -0.478 e. The molecular weight excluding hydrogens is 230 g/mol. The lowest BCUT2D eigenvalue weighted by atomic mass is 10.1. The molecule has 1 atom stereocenters. The van der Waals surface area contributed by atoms with Crippen LogP contribution in [0.3, 0.4) is 0 Å². The van der Waals surface area contributed by atoms with Gasteiger partial charge in [0.2, 0.25) is 0 Å². The molecule has 5 nitrogen and oxygen atoms in total. The van der Waals surface area contributed by atoms with Crippen molar-refractivity contribution in [2.45, 2.75) is 13.0 Å². The van der Waals surface area contributed by atoms with Crippen molar-refractivity contribution in [3.8, 4) is 0 Å². The molecule has 0 amide bonds. The van der Waals surface area contributed by atoms with Crippen LogP contribution in [0.25, 0.3) is 0 Å². The summed E-state index contributed by atoms with van der Waals surface area (Å²) in [7, 11) is 2.11. The Morgan fingerprint density at radius 2 is 2.17 bits per heavy atom. The Morgan fingerprint density at radius 1 is 1.44 bits per heavy atom. The number of hydrogen-bond acceptors (Lipinski definition) is 4. The first-order chi connectivity index (χ1) is 8.49. The van der Waals surface area contributed by atoms with Gasteiger partial charge < -0.3 is 20.6 Å². The molecule has 18 heavy (non-hydrogen) atoms. The standard InChI is InChI=1S/C13H19N3O2/c1-9-8-16(6-5-15(9)2)10-3-4-11(13(17)18)12(14)7-10/h3-4,7,9H,5-6,8,14H2,1-2H3,(H,17,18). The second-order valence-electron chi connectivity index (χ2n) is 4.85. The number of rotatable bonds is 2. The quantitative estimate of drug-likeness (QED) is 0.768. The van der Waals surface area contributed by atoms with E-state index in [0.717, 1.165) is 25.3 Å². The van der Waals surface area contributed by atoms with Gasteiger partial charge >= 0.3 is 5.97 Å². The lowest BCUT2D eigenvalue weighted by molar-refractivity contribution is 0.0698. The van der Waals surface area contributed by atoms with E-state index in [1.807, 2.05) is 6.07 Å². The predicted molar refractivity (Wildman–Crippen MR) is 72.1 cm³/mol. The third-order valence-corrected chi connectivity index (χ3v) is 3.59. The average molecular weight is 249 g/mol. The van der Waals surface area contributed by atoms with Gasteiger partial charge in [-0.3, -0.25) is 0 Å². The molecule has 1 unspecified atom stereocenters. The molecule has 1 saturated heterocycles. The van der Waals surface area contributed by atoms with Crippen molar-refractivity contribution in [3.63, 3.8) is 0 Å². The van der Waals surface area contributed by atoms with Gasteiger partial charge in [0.15, 0.2) is 0 Å². The fourth-order valence-corrected chi connectivity index (χ4v) is 2.22. The summed E-state index contributed by atoms with van der Waals surface area (Å²) in [6.07, 6.45) is 0. The Hall–Kier alpha value is -1.75.